The molecule has 0 bridgehead atoms. The lowest BCUT2D eigenvalue weighted by Gasteiger charge is -2.16. The van der Waals surface area contributed by atoms with Crippen molar-refractivity contribution in [2.24, 2.45) is 0 Å². The van der Waals surface area contributed by atoms with E-state index in [1.165, 1.54) is 93.2 Å². The van der Waals surface area contributed by atoms with Crippen LogP contribution in [0, 0.1) is 0 Å². The monoisotopic (exact) mass is 543 g/mol. The summed E-state index contributed by atoms with van der Waals surface area (Å²) in [5.41, 5.74) is 11.3. The van der Waals surface area contributed by atoms with Gasteiger partial charge in [-0.25, -0.2) is 0 Å². The van der Waals surface area contributed by atoms with Crippen molar-refractivity contribution in [3.8, 4) is 39.1 Å². The summed E-state index contributed by atoms with van der Waals surface area (Å²) in [6, 6.07) is 56.1. The number of para-hydroxylation sites is 2. The lowest BCUT2D eigenvalue weighted by molar-refractivity contribution is 1.19. The molecule has 0 N–H and O–H groups in total. The Hall–Kier alpha value is -5.66. The van der Waals surface area contributed by atoms with Gasteiger partial charge in [0.25, 0.3) is 0 Å². The Balaban J connectivity index is 1.28. The SMILES string of the molecule is c1ccc2c(c1)-c1cc(-c3ccc4c5ccccc5c5ccccc5c4c3)ccc1-n1c3ccccc3c3cccc-2c31. The first-order valence-electron chi connectivity index (χ1n) is 15.0. The molecule has 0 amide bonds. The highest BCUT2D eigenvalue weighted by Gasteiger charge is 2.24. The lowest BCUT2D eigenvalue weighted by atomic mass is 9.90. The van der Waals surface area contributed by atoms with Crippen molar-refractivity contribution in [3.63, 3.8) is 0 Å². The van der Waals surface area contributed by atoms with E-state index in [1.807, 2.05) is 0 Å². The fraction of sp³-hybridized carbons (Fsp3) is 0. The van der Waals surface area contributed by atoms with Crippen molar-refractivity contribution in [1.29, 1.82) is 0 Å². The van der Waals surface area contributed by atoms with E-state index >= 15 is 0 Å². The standard InChI is InChI=1S/C42H25N/c1-2-12-30-28(10-1)29-11-3-5-14-32(29)38-24-26(20-22-34(30)38)27-21-23-41-39(25-27)33-15-6-4-13-31(33)36-17-9-18-37-35-16-7-8-19-40(35)43(41)42(36)37/h1-25H. The predicted molar refractivity (Wildman–Crippen MR) is 183 cm³/mol. The summed E-state index contributed by atoms with van der Waals surface area (Å²) in [5, 5.41) is 10.4. The van der Waals surface area contributed by atoms with Crippen LogP contribution in [0.2, 0.25) is 0 Å². The second kappa shape index (κ2) is 8.44. The summed E-state index contributed by atoms with van der Waals surface area (Å²) in [4.78, 5) is 0. The molecule has 0 atom stereocenters. The molecular weight excluding hydrogens is 518 g/mol. The van der Waals surface area contributed by atoms with Crippen LogP contribution >= 0.6 is 0 Å². The minimum absolute atomic E-state index is 1.23. The number of hydrogen-bond acceptors (Lipinski definition) is 0. The van der Waals surface area contributed by atoms with Crippen molar-refractivity contribution in [2.75, 3.05) is 0 Å². The van der Waals surface area contributed by atoms with Crippen LogP contribution in [0.1, 0.15) is 0 Å². The second-order valence-corrected chi connectivity index (χ2v) is 11.7. The van der Waals surface area contributed by atoms with Crippen LogP contribution in [0.3, 0.4) is 0 Å². The molecule has 0 unspecified atom stereocenters. The first-order valence-corrected chi connectivity index (χ1v) is 15.0. The van der Waals surface area contributed by atoms with E-state index in [1.54, 1.807) is 0 Å². The molecule has 0 fully saturated rings. The van der Waals surface area contributed by atoms with Gasteiger partial charge in [0.05, 0.1) is 16.7 Å². The maximum Gasteiger partial charge on any atom is 0.0619 e. The van der Waals surface area contributed by atoms with Gasteiger partial charge in [0, 0.05) is 21.9 Å². The van der Waals surface area contributed by atoms with E-state index < -0.39 is 0 Å². The van der Waals surface area contributed by atoms with Crippen molar-refractivity contribution in [2.45, 2.75) is 0 Å². The lowest BCUT2D eigenvalue weighted by Crippen LogP contribution is -1.96. The first-order chi connectivity index (χ1) is 21.3. The van der Waals surface area contributed by atoms with E-state index in [2.05, 4.69) is 156 Å². The third kappa shape index (κ3) is 3.06. The van der Waals surface area contributed by atoms with Crippen LogP contribution in [-0.2, 0) is 0 Å². The molecule has 198 valence electrons. The Morgan fingerprint density at radius 2 is 0.814 bits per heavy atom. The molecule has 0 aliphatic carbocycles. The molecule has 10 rings (SSSR count). The number of benzene rings is 8. The van der Waals surface area contributed by atoms with Crippen molar-refractivity contribution in [3.05, 3.63) is 152 Å². The molecule has 0 radical (unpaired) electrons. The zero-order valence-electron chi connectivity index (χ0n) is 23.4. The molecule has 2 heterocycles. The van der Waals surface area contributed by atoms with Gasteiger partial charge in [-0.1, -0.05) is 127 Å². The van der Waals surface area contributed by atoms with Gasteiger partial charge in [-0.2, -0.15) is 0 Å². The van der Waals surface area contributed by atoms with Gasteiger partial charge >= 0.3 is 0 Å². The number of aromatic nitrogens is 1. The predicted octanol–water partition coefficient (Wildman–Crippen LogP) is 11.6. The summed E-state index contributed by atoms with van der Waals surface area (Å²) in [7, 11) is 0. The summed E-state index contributed by atoms with van der Waals surface area (Å²) < 4.78 is 2.49. The molecule has 1 aliphatic heterocycles. The number of fused-ring (bicyclic) bond motifs is 14. The fourth-order valence-electron chi connectivity index (χ4n) is 7.65. The van der Waals surface area contributed by atoms with Crippen LogP contribution in [0.4, 0.5) is 0 Å². The normalized spacial score (nSPS) is 12.2. The van der Waals surface area contributed by atoms with Crippen LogP contribution in [-0.4, -0.2) is 4.57 Å². The van der Waals surface area contributed by atoms with Gasteiger partial charge in [0.15, 0.2) is 0 Å². The Morgan fingerprint density at radius 1 is 0.302 bits per heavy atom. The smallest absolute Gasteiger partial charge is 0.0619 e. The van der Waals surface area contributed by atoms with Crippen LogP contribution in [0.25, 0.3) is 93.2 Å². The van der Waals surface area contributed by atoms with Crippen LogP contribution in [0.5, 0.6) is 0 Å². The van der Waals surface area contributed by atoms with E-state index in [4.69, 9.17) is 0 Å². The van der Waals surface area contributed by atoms with E-state index in [9.17, 15) is 0 Å². The van der Waals surface area contributed by atoms with Gasteiger partial charge in [-0.05, 0) is 78.8 Å². The summed E-state index contributed by atoms with van der Waals surface area (Å²) in [6.45, 7) is 0. The minimum Gasteiger partial charge on any atom is -0.308 e. The second-order valence-electron chi connectivity index (χ2n) is 11.7. The molecule has 1 aliphatic rings. The Morgan fingerprint density at radius 3 is 1.56 bits per heavy atom. The van der Waals surface area contributed by atoms with Gasteiger partial charge < -0.3 is 4.57 Å². The average molecular weight is 544 g/mol. The van der Waals surface area contributed by atoms with Gasteiger partial charge in [-0.15, -0.1) is 0 Å². The molecule has 1 heteroatoms. The fourth-order valence-corrected chi connectivity index (χ4v) is 7.65. The number of hydrogen-bond donors (Lipinski definition) is 0. The Bertz CT molecular complexity index is 2580. The molecule has 1 nitrogen and oxygen atoms in total. The summed E-state index contributed by atoms with van der Waals surface area (Å²) in [6.07, 6.45) is 0. The molecular formula is C42H25N. The highest BCUT2D eigenvalue weighted by atomic mass is 15.0. The van der Waals surface area contributed by atoms with Crippen molar-refractivity contribution in [1.82, 2.24) is 4.57 Å². The third-order valence-corrected chi connectivity index (χ3v) is 9.52. The minimum atomic E-state index is 1.23. The van der Waals surface area contributed by atoms with E-state index in [-0.39, 0.29) is 0 Å². The van der Waals surface area contributed by atoms with E-state index in [0.29, 0.717) is 0 Å². The molecule has 43 heavy (non-hydrogen) atoms. The first kappa shape index (κ1) is 23.0. The molecule has 8 aromatic carbocycles. The molecule has 0 saturated carbocycles. The Labute approximate surface area is 248 Å². The maximum absolute atomic E-state index is 2.49. The maximum atomic E-state index is 2.49. The largest absolute Gasteiger partial charge is 0.308 e. The van der Waals surface area contributed by atoms with Crippen molar-refractivity contribution < 1.29 is 0 Å². The van der Waals surface area contributed by atoms with Crippen LogP contribution in [0.15, 0.2) is 152 Å². The number of nitrogens with zero attached hydrogens (tertiary/aromatic N) is 1. The van der Waals surface area contributed by atoms with E-state index in [0.717, 1.165) is 0 Å². The summed E-state index contributed by atoms with van der Waals surface area (Å²) in [5.74, 6) is 0. The zero-order valence-corrected chi connectivity index (χ0v) is 23.4. The highest BCUT2D eigenvalue weighted by molar-refractivity contribution is 6.26. The summed E-state index contributed by atoms with van der Waals surface area (Å²) >= 11 is 0. The highest BCUT2D eigenvalue weighted by Crippen LogP contribution is 2.47. The average Bonchev–Trinajstić information content (AvgIpc) is 3.36. The van der Waals surface area contributed by atoms with Crippen LogP contribution < -0.4 is 0 Å². The molecule has 9 aromatic rings. The number of rotatable bonds is 1. The van der Waals surface area contributed by atoms with Gasteiger partial charge in [-0.3, -0.25) is 0 Å². The van der Waals surface area contributed by atoms with Gasteiger partial charge in [0.1, 0.15) is 0 Å². The molecule has 0 saturated heterocycles. The zero-order chi connectivity index (χ0) is 28.1. The van der Waals surface area contributed by atoms with Crippen molar-refractivity contribution >= 4 is 54.1 Å². The topological polar surface area (TPSA) is 4.93 Å². The van der Waals surface area contributed by atoms with Gasteiger partial charge in [0.2, 0.25) is 0 Å². The third-order valence-electron chi connectivity index (χ3n) is 9.52. The molecule has 1 aromatic heterocycles. The Kier molecular flexibility index (Phi) is 4.51. The molecule has 0 spiro atoms. The quantitative estimate of drug-likeness (QED) is 0.181.